The largest absolute Gasteiger partial charge is 0.493 e. The van der Waals surface area contributed by atoms with Gasteiger partial charge < -0.3 is 20.3 Å². The third kappa shape index (κ3) is 7.46. The van der Waals surface area contributed by atoms with Crippen LogP contribution in [0.25, 0.3) is 0 Å². The minimum absolute atomic E-state index is 0.530. The quantitative estimate of drug-likeness (QED) is 0.635. The van der Waals surface area contributed by atoms with Crippen LogP contribution in [0.1, 0.15) is 25.3 Å². The van der Waals surface area contributed by atoms with Crippen LogP contribution in [0.3, 0.4) is 0 Å². The van der Waals surface area contributed by atoms with Gasteiger partial charge in [0.25, 0.3) is 0 Å². The smallest absolute Gasteiger partial charge is 0.123 e. The Hall–Kier alpha value is -1.10. The summed E-state index contributed by atoms with van der Waals surface area (Å²) in [5.41, 5.74) is 6.79. The van der Waals surface area contributed by atoms with Crippen molar-refractivity contribution in [2.24, 2.45) is 5.73 Å². The highest BCUT2D eigenvalue weighted by molar-refractivity contribution is 5.32. The fourth-order valence-electron chi connectivity index (χ4n) is 2.32. The van der Waals surface area contributed by atoms with E-state index in [2.05, 4.69) is 30.8 Å². The van der Waals surface area contributed by atoms with Crippen LogP contribution >= 0.6 is 0 Å². The Balaban J connectivity index is 2.22. The Morgan fingerprint density at radius 1 is 1.05 bits per heavy atom. The Bertz CT molecular complexity index is 382. The predicted octanol–water partition coefficient (Wildman–Crippen LogP) is 2.19. The van der Waals surface area contributed by atoms with Crippen LogP contribution in [-0.4, -0.2) is 56.7 Å². The van der Waals surface area contributed by atoms with E-state index in [1.54, 1.807) is 0 Å². The average Bonchev–Trinajstić information content (AvgIpc) is 2.49. The zero-order chi connectivity index (χ0) is 15.5. The minimum Gasteiger partial charge on any atom is -0.493 e. The number of rotatable bonds is 11. The third-order valence-corrected chi connectivity index (χ3v) is 3.60. The van der Waals surface area contributed by atoms with E-state index in [-0.39, 0.29) is 0 Å². The number of ether oxygens (including phenoxy) is 1. The molecule has 0 aliphatic carbocycles. The van der Waals surface area contributed by atoms with Crippen molar-refractivity contribution >= 4 is 0 Å². The van der Waals surface area contributed by atoms with E-state index in [1.165, 1.54) is 6.42 Å². The van der Waals surface area contributed by atoms with Crippen LogP contribution in [0.5, 0.6) is 5.75 Å². The minimum atomic E-state index is 0.530. The lowest BCUT2D eigenvalue weighted by Gasteiger charge is -2.21. The fourth-order valence-corrected chi connectivity index (χ4v) is 2.32. The molecule has 0 radical (unpaired) electrons. The second kappa shape index (κ2) is 10.6. The summed E-state index contributed by atoms with van der Waals surface area (Å²) in [5.74, 6) is 0.927. The first-order valence-electron chi connectivity index (χ1n) is 7.95. The molecule has 1 aromatic rings. The van der Waals surface area contributed by atoms with Crippen LogP contribution in [0, 0.1) is 0 Å². The number of hydrogen-bond donors (Lipinski definition) is 1. The summed E-state index contributed by atoms with van der Waals surface area (Å²) in [7, 11) is 4.25. The standard InChI is InChI=1S/C17H31N3O/c1-4-20(12-7-11-19(2)3)13-8-14-21-17-10-6-5-9-16(17)15-18/h5-6,9-10H,4,7-8,11-15,18H2,1-3H3. The van der Waals surface area contributed by atoms with Gasteiger partial charge in [0.05, 0.1) is 6.61 Å². The summed E-state index contributed by atoms with van der Waals surface area (Å²) in [6.07, 6.45) is 2.27. The van der Waals surface area contributed by atoms with Gasteiger partial charge in [-0.2, -0.15) is 0 Å². The highest BCUT2D eigenvalue weighted by Crippen LogP contribution is 2.17. The number of hydrogen-bond acceptors (Lipinski definition) is 4. The highest BCUT2D eigenvalue weighted by atomic mass is 16.5. The molecule has 1 aromatic carbocycles. The van der Waals surface area contributed by atoms with Gasteiger partial charge in [0.15, 0.2) is 0 Å². The molecule has 0 atom stereocenters. The van der Waals surface area contributed by atoms with Crippen LogP contribution in [-0.2, 0) is 6.54 Å². The van der Waals surface area contributed by atoms with Gasteiger partial charge in [0.1, 0.15) is 5.75 Å². The van der Waals surface area contributed by atoms with Gasteiger partial charge in [-0.25, -0.2) is 0 Å². The van der Waals surface area contributed by atoms with E-state index < -0.39 is 0 Å². The SMILES string of the molecule is CCN(CCCOc1ccccc1CN)CCCN(C)C. The van der Waals surface area contributed by atoms with E-state index in [1.807, 2.05) is 24.3 Å². The molecule has 4 nitrogen and oxygen atoms in total. The lowest BCUT2D eigenvalue weighted by atomic mass is 10.2. The Morgan fingerprint density at radius 2 is 1.76 bits per heavy atom. The second-order valence-electron chi connectivity index (χ2n) is 5.60. The van der Waals surface area contributed by atoms with Gasteiger partial charge in [0.2, 0.25) is 0 Å². The van der Waals surface area contributed by atoms with Gasteiger partial charge in [-0.3, -0.25) is 0 Å². The van der Waals surface area contributed by atoms with Gasteiger partial charge in [-0.1, -0.05) is 25.1 Å². The molecule has 0 heterocycles. The molecule has 21 heavy (non-hydrogen) atoms. The molecule has 0 aliphatic rings. The van der Waals surface area contributed by atoms with Crippen LogP contribution < -0.4 is 10.5 Å². The topological polar surface area (TPSA) is 41.7 Å². The molecule has 120 valence electrons. The first-order chi connectivity index (χ1) is 10.2. The molecule has 0 unspecified atom stereocenters. The first kappa shape index (κ1) is 18.0. The molecule has 4 heteroatoms. The van der Waals surface area contributed by atoms with Crippen LogP contribution in [0.4, 0.5) is 0 Å². The summed E-state index contributed by atoms with van der Waals surface area (Å²) in [6, 6.07) is 8.01. The molecular formula is C17H31N3O. The normalized spacial score (nSPS) is 11.3. The summed E-state index contributed by atoms with van der Waals surface area (Å²) in [4.78, 5) is 4.72. The van der Waals surface area contributed by atoms with E-state index in [9.17, 15) is 0 Å². The van der Waals surface area contributed by atoms with Crippen molar-refractivity contribution in [3.05, 3.63) is 29.8 Å². The molecule has 1 rings (SSSR count). The van der Waals surface area contributed by atoms with Crippen molar-refractivity contribution in [3.8, 4) is 5.75 Å². The number of benzene rings is 1. The second-order valence-corrected chi connectivity index (χ2v) is 5.60. The number of nitrogens with two attached hydrogens (primary N) is 1. The molecular weight excluding hydrogens is 262 g/mol. The van der Waals surface area contributed by atoms with Crippen molar-refractivity contribution in [2.75, 3.05) is 46.9 Å². The van der Waals surface area contributed by atoms with Crippen molar-refractivity contribution in [3.63, 3.8) is 0 Å². The molecule has 0 saturated heterocycles. The van der Waals surface area contributed by atoms with Crippen molar-refractivity contribution in [2.45, 2.75) is 26.3 Å². The molecule has 0 saturated carbocycles. The number of nitrogens with zero attached hydrogens (tertiary/aromatic N) is 2. The summed E-state index contributed by atoms with van der Waals surface area (Å²) in [6.45, 7) is 8.01. The summed E-state index contributed by atoms with van der Waals surface area (Å²) in [5, 5.41) is 0. The monoisotopic (exact) mass is 293 g/mol. The molecule has 0 amide bonds. The van der Waals surface area contributed by atoms with Crippen molar-refractivity contribution in [1.29, 1.82) is 0 Å². The molecule has 0 bridgehead atoms. The fraction of sp³-hybridized carbons (Fsp3) is 0.647. The maximum Gasteiger partial charge on any atom is 0.123 e. The molecule has 0 fully saturated rings. The lowest BCUT2D eigenvalue weighted by Crippen LogP contribution is -2.29. The van der Waals surface area contributed by atoms with Gasteiger partial charge >= 0.3 is 0 Å². The van der Waals surface area contributed by atoms with Crippen LogP contribution in [0.15, 0.2) is 24.3 Å². The summed E-state index contributed by atoms with van der Waals surface area (Å²) >= 11 is 0. The molecule has 2 N–H and O–H groups in total. The van der Waals surface area contributed by atoms with Gasteiger partial charge in [-0.05, 0) is 52.6 Å². The average molecular weight is 293 g/mol. The number of para-hydroxylation sites is 1. The zero-order valence-electron chi connectivity index (χ0n) is 13.8. The maximum atomic E-state index is 5.85. The Labute approximate surface area is 129 Å². The maximum absolute atomic E-state index is 5.85. The third-order valence-electron chi connectivity index (χ3n) is 3.60. The van der Waals surface area contributed by atoms with Crippen molar-refractivity contribution < 1.29 is 4.74 Å². The van der Waals surface area contributed by atoms with Gasteiger partial charge in [-0.15, -0.1) is 0 Å². The lowest BCUT2D eigenvalue weighted by molar-refractivity contribution is 0.231. The van der Waals surface area contributed by atoms with Gasteiger partial charge in [0, 0.05) is 18.7 Å². The highest BCUT2D eigenvalue weighted by Gasteiger charge is 2.04. The zero-order valence-corrected chi connectivity index (χ0v) is 13.8. The summed E-state index contributed by atoms with van der Waals surface area (Å²) < 4.78 is 5.85. The van der Waals surface area contributed by atoms with Crippen molar-refractivity contribution in [1.82, 2.24) is 9.80 Å². The Morgan fingerprint density at radius 3 is 2.43 bits per heavy atom. The van der Waals surface area contributed by atoms with E-state index in [4.69, 9.17) is 10.5 Å². The van der Waals surface area contributed by atoms with E-state index in [0.29, 0.717) is 6.54 Å². The molecule has 0 spiro atoms. The van der Waals surface area contributed by atoms with E-state index in [0.717, 1.165) is 50.5 Å². The molecule has 0 aliphatic heterocycles. The predicted molar refractivity (Wildman–Crippen MR) is 89.7 cm³/mol. The Kier molecular flexibility index (Phi) is 9.06. The van der Waals surface area contributed by atoms with Crippen LogP contribution in [0.2, 0.25) is 0 Å². The van der Waals surface area contributed by atoms with E-state index >= 15 is 0 Å². The molecule has 0 aromatic heterocycles. The first-order valence-corrected chi connectivity index (χ1v) is 7.95.